The monoisotopic (exact) mass is 477 g/mol. The molecule has 0 aliphatic carbocycles. The molecule has 1 fully saturated rings. The molecule has 1 saturated heterocycles. The number of nitrogens with zero attached hydrogens (tertiary/aromatic N) is 2. The number of carbonyl (C=O) groups is 1. The van der Waals surface area contributed by atoms with Crippen molar-refractivity contribution in [2.45, 2.75) is 41.6 Å². The number of fused-ring (bicyclic) bond motifs is 1. The van der Waals surface area contributed by atoms with Crippen molar-refractivity contribution in [2.75, 3.05) is 37.6 Å². The molecule has 2 aromatic carbocycles. The predicted molar refractivity (Wildman–Crippen MR) is 128 cm³/mol. The number of aliphatic hydroxyl groups excluding tert-OH is 1. The Morgan fingerprint density at radius 1 is 1.12 bits per heavy atom. The number of thioether (sulfide) groups is 1. The molecule has 6 nitrogen and oxygen atoms in total. The van der Waals surface area contributed by atoms with Crippen LogP contribution in [-0.4, -0.2) is 65.7 Å². The number of benzene rings is 2. The summed E-state index contributed by atoms with van der Waals surface area (Å²) in [6, 6.07) is 17.7. The summed E-state index contributed by atoms with van der Waals surface area (Å²) in [6.45, 7) is 6.28. The molecule has 4 rings (SSSR count). The largest absolute Gasteiger partial charge is 0.549 e. The van der Waals surface area contributed by atoms with E-state index in [-0.39, 0.29) is 12.4 Å². The molecule has 2 aliphatic heterocycles. The third kappa shape index (κ3) is 5.17. The average Bonchev–Trinajstić information content (AvgIpc) is 2.90. The highest BCUT2D eigenvalue weighted by Gasteiger charge is 2.46. The van der Waals surface area contributed by atoms with Crippen molar-refractivity contribution in [1.29, 1.82) is 0 Å². The Bertz CT molecular complexity index is 895. The summed E-state index contributed by atoms with van der Waals surface area (Å²) in [6.07, 6.45) is -0.811. The SMILES string of the molecule is CC1Oc2ccccc2SC(CCCN2CCN(c3ccccc3)CC2)(C(=O)[O-])C1O.Cl. The molecule has 0 radical (unpaired) electrons. The number of halogens is 1. The lowest BCUT2D eigenvalue weighted by atomic mass is 9.92. The number of para-hydroxylation sites is 2. The van der Waals surface area contributed by atoms with Crippen LogP contribution in [0.25, 0.3) is 0 Å². The van der Waals surface area contributed by atoms with Crippen LogP contribution < -0.4 is 14.7 Å². The molecule has 3 unspecified atom stereocenters. The highest BCUT2D eigenvalue weighted by atomic mass is 35.5. The Morgan fingerprint density at radius 2 is 1.78 bits per heavy atom. The molecule has 174 valence electrons. The number of rotatable bonds is 6. The molecule has 2 aliphatic rings. The van der Waals surface area contributed by atoms with Crippen LogP contribution >= 0.6 is 24.2 Å². The third-order valence-electron chi connectivity index (χ3n) is 6.24. The lowest BCUT2D eigenvalue weighted by Crippen LogP contribution is -2.57. The zero-order valence-electron chi connectivity index (χ0n) is 18.2. The van der Waals surface area contributed by atoms with Gasteiger partial charge in [0.15, 0.2) is 0 Å². The number of carboxylic acids is 1. The van der Waals surface area contributed by atoms with Crippen molar-refractivity contribution in [3.63, 3.8) is 0 Å². The number of hydrogen-bond donors (Lipinski definition) is 1. The Morgan fingerprint density at radius 3 is 2.47 bits per heavy atom. The van der Waals surface area contributed by atoms with Crippen molar-refractivity contribution in [3.05, 3.63) is 54.6 Å². The van der Waals surface area contributed by atoms with Crippen molar-refractivity contribution in [2.24, 2.45) is 0 Å². The molecule has 0 aromatic heterocycles. The topological polar surface area (TPSA) is 76.1 Å². The van der Waals surface area contributed by atoms with Crippen molar-refractivity contribution in [3.8, 4) is 5.75 Å². The van der Waals surface area contributed by atoms with E-state index in [0.29, 0.717) is 18.6 Å². The summed E-state index contributed by atoms with van der Waals surface area (Å²) in [5, 5.41) is 23.2. The van der Waals surface area contributed by atoms with Gasteiger partial charge in [-0.15, -0.1) is 24.2 Å². The highest BCUT2D eigenvalue weighted by Crippen LogP contribution is 2.47. The van der Waals surface area contributed by atoms with E-state index in [4.69, 9.17) is 4.74 Å². The van der Waals surface area contributed by atoms with Gasteiger partial charge in [-0.2, -0.15) is 0 Å². The van der Waals surface area contributed by atoms with E-state index in [1.54, 1.807) is 6.92 Å². The minimum atomic E-state index is -1.43. The van der Waals surface area contributed by atoms with Gasteiger partial charge in [0.05, 0.1) is 15.6 Å². The van der Waals surface area contributed by atoms with E-state index in [1.807, 2.05) is 30.3 Å². The van der Waals surface area contributed by atoms with Crippen LogP contribution in [0, 0.1) is 0 Å². The molecule has 0 saturated carbocycles. The number of carboxylic acid groups (broad SMARTS) is 1. The molecule has 32 heavy (non-hydrogen) atoms. The fourth-order valence-corrected chi connectivity index (χ4v) is 5.83. The maximum absolute atomic E-state index is 12.3. The highest BCUT2D eigenvalue weighted by molar-refractivity contribution is 8.01. The molecular weight excluding hydrogens is 448 g/mol. The number of carbonyl (C=O) groups excluding carboxylic acids is 1. The van der Waals surface area contributed by atoms with Gasteiger partial charge in [-0.25, -0.2) is 0 Å². The van der Waals surface area contributed by atoms with E-state index in [9.17, 15) is 15.0 Å². The zero-order chi connectivity index (χ0) is 21.8. The fraction of sp³-hybridized carbons (Fsp3) is 0.458. The second kappa shape index (κ2) is 10.8. The summed E-state index contributed by atoms with van der Waals surface area (Å²) in [5.74, 6) is -0.620. The normalized spacial score (nSPS) is 25.8. The summed E-state index contributed by atoms with van der Waals surface area (Å²) in [4.78, 5) is 17.8. The molecule has 8 heteroatoms. The Kier molecular flexibility index (Phi) is 8.33. The second-order valence-electron chi connectivity index (χ2n) is 8.26. The maximum atomic E-state index is 12.3. The minimum absolute atomic E-state index is 0. The van der Waals surface area contributed by atoms with Crippen LogP contribution in [0.1, 0.15) is 19.8 Å². The minimum Gasteiger partial charge on any atom is -0.549 e. The van der Waals surface area contributed by atoms with Crippen LogP contribution in [0.5, 0.6) is 5.75 Å². The van der Waals surface area contributed by atoms with Crippen LogP contribution in [0.2, 0.25) is 0 Å². The first-order valence-electron chi connectivity index (χ1n) is 10.9. The van der Waals surface area contributed by atoms with E-state index >= 15 is 0 Å². The quantitative estimate of drug-likeness (QED) is 0.684. The summed E-state index contributed by atoms with van der Waals surface area (Å²) >= 11 is 1.17. The molecule has 0 bridgehead atoms. The Labute approximate surface area is 200 Å². The van der Waals surface area contributed by atoms with E-state index in [1.165, 1.54) is 17.4 Å². The third-order valence-corrected chi connectivity index (χ3v) is 7.77. The predicted octanol–water partition coefficient (Wildman–Crippen LogP) is 2.43. The average molecular weight is 478 g/mol. The summed E-state index contributed by atoms with van der Waals surface area (Å²) in [7, 11) is 0. The molecule has 1 N–H and O–H groups in total. The van der Waals surface area contributed by atoms with Gasteiger partial charge in [0, 0.05) is 31.9 Å². The van der Waals surface area contributed by atoms with Crippen LogP contribution in [0.4, 0.5) is 5.69 Å². The molecule has 0 amide bonds. The standard InChI is InChI=1S/C24H30N2O4S.ClH/c1-18-22(27)24(23(28)29,31-21-11-6-5-10-20(21)30-18)12-7-13-25-14-16-26(17-15-25)19-8-3-2-4-9-19;/h2-6,8-11,18,22,27H,7,12-17H2,1H3,(H,28,29);1H/p-1. The lowest BCUT2D eigenvalue weighted by molar-refractivity contribution is -0.312. The van der Waals surface area contributed by atoms with Gasteiger partial charge in [-0.3, -0.25) is 4.90 Å². The van der Waals surface area contributed by atoms with Crippen molar-refractivity contribution < 1.29 is 19.7 Å². The van der Waals surface area contributed by atoms with Gasteiger partial charge in [-0.05, 0) is 50.6 Å². The molecular formula is C24H30ClN2O4S-. The van der Waals surface area contributed by atoms with E-state index in [0.717, 1.165) is 37.6 Å². The number of hydrogen-bond acceptors (Lipinski definition) is 7. The van der Waals surface area contributed by atoms with Crippen LogP contribution in [0.3, 0.4) is 0 Å². The smallest absolute Gasteiger partial charge is 0.133 e. The summed E-state index contributed by atoms with van der Waals surface area (Å²) in [5.41, 5.74) is 1.24. The van der Waals surface area contributed by atoms with Gasteiger partial charge in [0.1, 0.15) is 18.0 Å². The van der Waals surface area contributed by atoms with Gasteiger partial charge in [0.25, 0.3) is 0 Å². The molecule has 2 aromatic rings. The lowest BCUT2D eigenvalue weighted by Gasteiger charge is -2.40. The molecule has 0 spiro atoms. The van der Waals surface area contributed by atoms with Crippen molar-refractivity contribution in [1.82, 2.24) is 4.90 Å². The first kappa shape index (κ1) is 24.7. The number of aliphatic carboxylic acids is 1. The molecule has 2 heterocycles. The van der Waals surface area contributed by atoms with Gasteiger partial charge < -0.3 is 24.6 Å². The number of anilines is 1. The second-order valence-corrected chi connectivity index (χ2v) is 9.63. The first-order chi connectivity index (χ1) is 15.0. The summed E-state index contributed by atoms with van der Waals surface area (Å²) < 4.78 is 4.41. The number of piperazine rings is 1. The molecule has 3 atom stereocenters. The number of ether oxygens (including phenoxy) is 1. The van der Waals surface area contributed by atoms with Crippen molar-refractivity contribution >= 4 is 35.8 Å². The Hall–Kier alpha value is -1.93. The van der Waals surface area contributed by atoms with Crippen LogP contribution in [0.15, 0.2) is 59.5 Å². The Balaban J connectivity index is 0.00000289. The van der Waals surface area contributed by atoms with Gasteiger partial charge >= 0.3 is 0 Å². The zero-order valence-corrected chi connectivity index (χ0v) is 19.8. The van der Waals surface area contributed by atoms with Crippen LogP contribution in [-0.2, 0) is 4.79 Å². The van der Waals surface area contributed by atoms with Gasteiger partial charge in [-0.1, -0.05) is 30.3 Å². The maximum Gasteiger partial charge on any atom is 0.133 e. The first-order valence-corrected chi connectivity index (χ1v) is 11.7. The van der Waals surface area contributed by atoms with E-state index < -0.39 is 22.9 Å². The fourth-order valence-electron chi connectivity index (χ4n) is 4.43. The van der Waals surface area contributed by atoms with Gasteiger partial charge in [0.2, 0.25) is 0 Å². The van der Waals surface area contributed by atoms with E-state index in [2.05, 4.69) is 34.1 Å². The number of aliphatic hydroxyl groups is 1.